The molecule has 10 heteroatoms. The fourth-order valence-corrected chi connectivity index (χ4v) is 4.70. The fraction of sp³-hybridized carbons (Fsp3) is 0.190. The zero-order valence-corrected chi connectivity index (χ0v) is 17.8. The summed E-state index contributed by atoms with van der Waals surface area (Å²) in [6.07, 6.45) is 0. The number of aryl methyl sites for hydroxylation is 1. The highest BCUT2D eigenvalue weighted by atomic mass is 32.2. The molecule has 1 aliphatic heterocycles. The van der Waals surface area contributed by atoms with Crippen molar-refractivity contribution in [3.05, 3.63) is 71.0 Å². The number of sulfonamides is 1. The van der Waals surface area contributed by atoms with Gasteiger partial charge in [-0.05, 0) is 43.3 Å². The second-order valence-corrected chi connectivity index (χ2v) is 8.76. The largest absolute Gasteiger partial charge is 0.497 e. The first kappa shape index (κ1) is 20.6. The van der Waals surface area contributed by atoms with Gasteiger partial charge in [0.1, 0.15) is 5.75 Å². The standard InChI is InChI=1S/C21H19N3O6S/c1-13-4-10-16(11-5-13)31(27,28)23-12-17-18(20(23)25)19(21(26)30-3)22-24(17)14-6-8-15(29-2)9-7-14/h4-11H,12H2,1-3H3. The maximum Gasteiger partial charge on any atom is 0.359 e. The Morgan fingerprint density at radius 1 is 1.03 bits per heavy atom. The summed E-state index contributed by atoms with van der Waals surface area (Å²) in [5.74, 6) is -1.04. The summed E-state index contributed by atoms with van der Waals surface area (Å²) in [6, 6.07) is 13.0. The van der Waals surface area contributed by atoms with Gasteiger partial charge in [0.25, 0.3) is 15.9 Å². The number of carbonyl (C=O) groups excluding carboxylic acids is 2. The molecule has 0 saturated carbocycles. The van der Waals surface area contributed by atoms with Crippen LogP contribution in [0, 0.1) is 6.92 Å². The van der Waals surface area contributed by atoms with Gasteiger partial charge in [0.15, 0.2) is 5.69 Å². The van der Waals surface area contributed by atoms with Gasteiger partial charge in [-0.15, -0.1) is 0 Å². The van der Waals surface area contributed by atoms with Gasteiger partial charge in [0.2, 0.25) is 0 Å². The Kier molecular flexibility index (Phi) is 5.02. The van der Waals surface area contributed by atoms with E-state index >= 15 is 0 Å². The molecular weight excluding hydrogens is 422 g/mol. The number of ether oxygens (including phenoxy) is 2. The predicted molar refractivity (Wildman–Crippen MR) is 110 cm³/mol. The molecule has 0 unspecified atom stereocenters. The third-order valence-electron chi connectivity index (χ3n) is 5.02. The lowest BCUT2D eigenvalue weighted by Gasteiger charge is -2.17. The fourth-order valence-electron chi connectivity index (χ4n) is 3.36. The first-order valence-electron chi connectivity index (χ1n) is 9.26. The Hall–Kier alpha value is -3.66. The van der Waals surface area contributed by atoms with Gasteiger partial charge in [0.05, 0.1) is 42.6 Å². The van der Waals surface area contributed by atoms with Crippen LogP contribution in [-0.2, 0) is 21.3 Å². The quantitative estimate of drug-likeness (QED) is 0.559. The van der Waals surface area contributed by atoms with Crippen molar-refractivity contribution in [2.75, 3.05) is 14.2 Å². The van der Waals surface area contributed by atoms with E-state index in [9.17, 15) is 18.0 Å². The number of amides is 1. The molecular formula is C21H19N3O6S. The van der Waals surface area contributed by atoms with E-state index in [1.165, 1.54) is 31.0 Å². The highest BCUT2D eigenvalue weighted by Gasteiger charge is 2.43. The summed E-state index contributed by atoms with van der Waals surface area (Å²) in [4.78, 5) is 25.4. The van der Waals surface area contributed by atoms with Crippen LogP contribution in [0.1, 0.15) is 32.1 Å². The molecule has 3 aromatic rings. The average molecular weight is 441 g/mol. The molecule has 4 rings (SSSR count). The van der Waals surface area contributed by atoms with Gasteiger partial charge in [-0.25, -0.2) is 22.2 Å². The molecule has 2 heterocycles. The van der Waals surface area contributed by atoms with Crippen LogP contribution in [0.3, 0.4) is 0 Å². The van der Waals surface area contributed by atoms with Gasteiger partial charge in [0, 0.05) is 0 Å². The summed E-state index contributed by atoms with van der Waals surface area (Å²) in [7, 11) is -1.43. The molecule has 0 aliphatic carbocycles. The molecule has 0 N–H and O–H groups in total. The van der Waals surface area contributed by atoms with Crippen LogP contribution in [0.4, 0.5) is 0 Å². The number of aromatic nitrogens is 2. The highest BCUT2D eigenvalue weighted by Crippen LogP contribution is 2.33. The molecule has 0 spiro atoms. The van der Waals surface area contributed by atoms with E-state index in [0.29, 0.717) is 11.4 Å². The monoisotopic (exact) mass is 441 g/mol. The molecule has 0 bridgehead atoms. The number of nitrogens with zero attached hydrogens (tertiary/aromatic N) is 3. The van der Waals surface area contributed by atoms with Gasteiger partial charge in [-0.1, -0.05) is 17.7 Å². The number of rotatable bonds is 5. The van der Waals surface area contributed by atoms with E-state index in [1.54, 1.807) is 36.4 Å². The normalized spacial score (nSPS) is 13.3. The molecule has 31 heavy (non-hydrogen) atoms. The Labute approximate surface area is 178 Å². The van der Waals surface area contributed by atoms with Crippen LogP contribution < -0.4 is 4.74 Å². The number of benzene rings is 2. The summed E-state index contributed by atoms with van der Waals surface area (Å²) in [5, 5.41) is 4.24. The summed E-state index contributed by atoms with van der Waals surface area (Å²) in [5.41, 5.74) is 1.39. The maximum atomic E-state index is 13.1. The zero-order valence-electron chi connectivity index (χ0n) is 17.0. The summed E-state index contributed by atoms with van der Waals surface area (Å²) in [6.45, 7) is 1.57. The van der Waals surface area contributed by atoms with Crippen LogP contribution in [-0.4, -0.2) is 48.6 Å². The number of esters is 1. The average Bonchev–Trinajstić information content (AvgIpc) is 3.32. The Balaban J connectivity index is 1.82. The van der Waals surface area contributed by atoms with Gasteiger partial charge >= 0.3 is 5.97 Å². The van der Waals surface area contributed by atoms with Crippen molar-refractivity contribution >= 4 is 21.9 Å². The second-order valence-electron chi connectivity index (χ2n) is 6.90. The van der Waals surface area contributed by atoms with Crippen molar-refractivity contribution in [2.24, 2.45) is 0 Å². The Morgan fingerprint density at radius 3 is 2.26 bits per heavy atom. The molecule has 1 aliphatic rings. The first-order chi connectivity index (χ1) is 14.8. The lowest BCUT2D eigenvalue weighted by atomic mass is 10.2. The third kappa shape index (κ3) is 3.34. The number of carbonyl (C=O) groups is 2. The van der Waals surface area contributed by atoms with Crippen molar-refractivity contribution in [3.63, 3.8) is 0 Å². The number of hydrogen-bond acceptors (Lipinski definition) is 7. The van der Waals surface area contributed by atoms with Crippen LogP contribution in [0.15, 0.2) is 53.4 Å². The number of hydrogen-bond donors (Lipinski definition) is 0. The topological polar surface area (TPSA) is 108 Å². The molecule has 1 amide bonds. The number of methoxy groups -OCH3 is 2. The molecule has 9 nitrogen and oxygen atoms in total. The zero-order chi connectivity index (χ0) is 22.3. The molecule has 160 valence electrons. The van der Waals surface area contributed by atoms with E-state index in [2.05, 4.69) is 5.10 Å². The van der Waals surface area contributed by atoms with Crippen molar-refractivity contribution in [3.8, 4) is 11.4 Å². The van der Waals surface area contributed by atoms with Gasteiger partial charge in [-0.3, -0.25) is 4.79 Å². The van der Waals surface area contributed by atoms with Gasteiger partial charge < -0.3 is 9.47 Å². The van der Waals surface area contributed by atoms with E-state index in [4.69, 9.17) is 9.47 Å². The van der Waals surface area contributed by atoms with Crippen molar-refractivity contribution in [1.29, 1.82) is 0 Å². The number of fused-ring (bicyclic) bond motifs is 1. The van der Waals surface area contributed by atoms with E-state index in [1.807, 2.05) is 6.92 Å². The minimum atomic E-state index is -4.13. The van der Waals surface area contributed by atoms with E-state index in [0.717, 1.165) is 9.87 Å². The molecule has 1 aromatic heterocycles. The minimum Gasteiger partial charge on any atom is -0.497 e. The second kappa shape index (κ2) is 7.55. The first-order valence-corrected chi connectivity index (χ1v) is 10.7. The summed E-state index contributed by atoms with van der Waals surface area (Å²) >= 11 is 0. The highest BCUT2D eigenvalue weighted by molar-refractivity contribution is 7.89. The molecule has 0 saturated heterocycles. The van der Waals surface area contributed by atoms with Crippen LogP contribution in [0.5, 0.6) is 5.75 Å². The van der Waals surface area contributed by atoms with E-state index in [-0.39, 0.29) is 28.4 Å². The molecule has 0 radical (unpaired) electrons. The summed E-state index contributed by atoms with van der Waals surface area (Å²) < 4.78 is 38.3. The van der Waals surface area contributed by atoms with Gasteiger partial charge in [-0.2, -0.15) is 5.10 Å². The minimum absolute atomic E-state index is 0.0137. The van der Waals surface area contributed by atoms with Crippen LogP contribution >= 0.6 is 0 Å². The van der Waals surface area contributed by atoms with Crippen molar-refractivity contribution < 1.29 is 27.5 Å². The van der Waals surface area contributed by atoms with Crippen LogP contribution in [0.2, 0.25) is 0 Å². The molecule has 0 fully saturated rings. The van der Waals surface area contributed by atoms with Crippen molar-refractivity contribution in [1.82, 2.24) is 14.1 Å². The smallest absolute Gasteiger partial charge is 0.359 e. The third-order valence-corrected chi connectivity index (χ3v) is 6.76. The lowest BCUT2D eigenvalue weighted by molar-refractivity contribution is 0.0588. The SMILES string of the molecule is COC(=O)c1nn(-c2ccc(OC)cc2)c2c1C(=O)N(S(=O)(=O)c1ccc(C)cc1)C2. The van der Waals surface area contributed by atoms with E-state index < -0.39 is 21.9 Å². The maximum absolute atomic E-state index is 13.1. The lowest BCUT2D eigenvalue weighted by Crippen LogP contribution is -2.32. The predicted octanol–water partition coefficient (Wildman–Crippen LogP) is 2.32. The van der Waals surface area contributed by atoms with Crippen molar-refractivity contribution in [2.45, 2.75) is 18.4 Å². The Morgan fingerprint density at radius 2 is 1.68 bits per heavy atom. The Bertz CT molecular complexity index is 1280. The van der Waals surface area contributed by atoms with Crippen LogP contribution in [0.25, 0.3) is 5.69 Å². The molecule has 0 atom stereocenters. The molecule has 2 aromatic carbocycles.